The van der Waals surface area contributed by atoms with Crippen LogP contribution in [0, 0.1) is 0 Å². The predicted octanol–water partition coefficient (Wildman–Crippen LogP) is 5.60. The van der Waals surface area contributed by atoms with Crippen molar-refractivity contribution in [1.29, 1.82) is 0 Å². The van der Waals surface area contributed by atoms with E-state index < -0.39 is 0 Å². The SMILES string of the molecule is CCCCC1CSC(Nc2ncc(Cl)cc2Oc2ccccc2)=N1. The number of para-hydroxylation sites is 1. The van der Waals surface area contributed by atoms with E-state index in [1.54, 1.807) is 24.0 Å². The van der Waals surface area contributed by atoms with E-state index in [2.05, 4.69) is 17.2 Å². The summed E-state index contributed by atoms with van der Waals surface area (Å²) in [6.07, 6.45) is 5.16. The molecule has 1 aliphatic heterocycles. The second kappa shape index (κ2) is 8.40. The summed E-state index contributed by atoms with van der Waals surface area (Å²) >= 11 is 7.80. The third-order valence-corrected chi connectivity index (χ3v) is 4.86. The number of anilines is 1. The van der Waals surface area contributed by atoms with Crippen molar-refractivity contribution < 1.29 is 4.74 Å². The van der Waals surface area contributed by atoms with Gasteiger partial charge in [0.25, 0.3) is 0 Å². The van der Waals surface area contributed by atoms with Crippen molar-refractivity contribution in [2.45, 2.75) is 32.2 Å². The maximum Gasteiger partial charge on any atom is 0.175 e. The van der Waals surface area contributed by atoms with Gasteiger partial charge in [-0.25, -0.2) is 4.98 Å². The second-order valence-corrected chi connectivity index (χ2v) is 7.03. The number of hydrogen-bond donors (Lipinski definition) is 1. The summed E-state index contributed by atoms with van der Waals surface area (Å²) in [6.45, 7) is 2.20. The molecule has 3 rings (SSSR count). The fourth-order valence-corrected chi connectivity index (χ4v) is 3.51. The van der Waals surface area contributed by atoms with E-state index in [9.17, 15) is 0 Å². The average molecular weight is 362 g/mol. The van der Waals surface area contributed by atoms with Gasteiger partial charge in [-0.15, -0.1) is 0 Å². The quantitative estimate of drug-likeness (QED) is 0.727. The lowest BCUT2D eigenvalue weighted by Crippen LogP contribution is -2.08. The third-order valence-electron chi connectivity index (χ3n) is 3.62. The number of ether oxygens (including phenoxy) is 1. The molecule has 0 amide bonds. The molecule has 24 heavy (non-hydrogen) atoms. The van der Waals surface area contributed by atoms with Crippen molar-refractivity contribution in [3.63, 3.8) is 0 Å². The predicted molar refractivity (Wildman–Crippen MR) is 103 cm³/mol. The van der Waals surface area contributed by atoms with Gasteiger partial charge >= 0.3 is 0 Å². The fourth-order valence-electron chi connectivity index (χ4n) is 2.38. The van der Waals surface area contributed by atoms with Gasteiger partial charge in [0.15, 0.2) is 16.7 Å². The van der Waals surface area contributed by atoms with Gasteiger partial charge in [0.2, 0.25) is 0 Å². The van der Waals surface area contributed by atoms with Crippen molar-refractivity contribution in [2.75, 3.05) is 11.1 Å². The summed E-state index contributed by atoms with van der Waals surface area (Å²) in [5.41, 5.74) is 0. The zero-order valence-corrected chi connectivity index (χ0v) is 15.1. The first kappa shape index (κ1) is 17.1. The number of unbranched alkanes of at least 4 members (excludes halogenated alkanes) is 1. The molecule has 0 bridgehead atoms. The van der Waals surface area contributed by atoms with Crippen LogP contribution in [0.2, 0.25) is 5.02 Å². The Balaban J connectivity index is 1.74. The Morgan fingerprint density at radius 2 is 2.17 bits per heavy atom. The summed E-state index contributed by atoms with van der Waals surface area (Å²) in [7, 11) is 0. The van der Waals surface area contributed by atoms with Crippen LogP contribution in [0.25, 0.3) is 0 Å². The van der Waals surface area contributed by atoms with E-state index in [1.807, 2.05) is 30.3 Å². The number of nitrogens with zero attached hydrogens (tertiary/aromatic N) is 2. The lowest BCUT2D eigenvalue weighted by atomic mass is 10.1. The molecule has 0 fully saturated rings. The van der Waals surface area contributed by atoms with Crippen LogP contribution >= 0.6 is 23.4 Å². The Labute approximate surface area is 151 Å². The Morgan fingerprint density at radius 1 is 1.33 bits per heavy atom. The molecule has 0 spiro atoms. The van der Waals surface area contributed by atoms with Gasteiger partial charge < -0.3 is 10.1 Å². The average Bonchev–Trinajstić information content (AvgIpc) is 3.04. The number of aliphatic imine (C=N–C) groups is 1. The van der Waals surface area contributed by atoms with E-state index in [4.69, 9.17) is 21.3 Å². The molecule has 0 saturated heterocycles. The van der Waals surface area contributed by atoms with Gasteiger partial charge in [0, 0.05) is 18.0 Å². The number of nitrogens with one attached hydrogen (secondary N) is 1. The summed E-state index contributed by atoms with van der Waals surface area (Å²) in [6, 6.07) is 11.7. The van der Waals surface area contributed by atoms with Crippen molar-refractivity contribution in [3.05, 3.63) is 47.6 Å². The van der Waals surface area contributed by atoms with Crippen LogP contribution in [0.5, 0.6) is 11.5 Å². The standard InChI is InChI=1S/C18H20ClN3OS/c1-2-3-7-14-12-24-18(21-14)22-17-16(10-13(19)11-20-17)23-15-8-5-4-6-9-15/h4-6,8-11,14H,2-3,7,12H2,1H3,(H,20,21,22). The van der Waals surface area contributed by atoms with Gasteiger partial charge in [0.1, 0.15) is 5.75 Å². The maximum atomic E-state index is 6.07. The highest BCUT2D eigenvalue weighted by Crippen LogP contribution is 2.32. The highest BCUT2D eigenvalue weighted by atomic mass is 35.5. The van der Waals surface area contributed by atoms with Crippen LogP contribution < -0.4 is 10.1 Å². The Morgan fingerprint density at radius 3 is 2.96 bits per heavy atom. The third kappa shape index (κ3) is 4.65. The van der Waals surface area contributed by atoms with Crippen LogP contribution in [0.1, 0.15) is 26.2 Å². The molecule has 0 radical (unpaired) electrons. The first-order valence-corrected chi connectivity index (χ1v) is 9.47. The van der Waals surface area contributed by atoms with Gasteiger partial charge in [-0.3, -0.25) is 4.99 Å². The number of amidine groups is 1. The van der Waals surface area contributed by atoms with Crippen molar-refractivity contribution in [1.82, 2.24) is 4.98 Å². The summed E-state index contributed by atoms with van der Waals surface area (Å²) < 4.78 is 5.92. The first-order valence-electron chi connectivity index (χ1n) is 8.10. The van der Waals surface area contributed by atoms with E-state index in [-0.39, 0.29) is 0 Å². The molecular weight excluding hydrogens is 342 g/mol. The van der Waals surface area contributed by atoms with Gasteiger partial charge in [-0.2, -0.15) is 0 Å². The lowest BCUT2D eigenvalue weighted by molar-refractivity contribution is 0.483. The largest absolute Gasteiger partial charge is 0.453 e. The van der Waals surface area contributed by atoms with Gasteiger partial charge in [-0.1, -0.05) is 61.3 Å². The Kier molecular flexibility index (Phi) is 5.99. The van der Waals surface area contributed by atoms with Crippen LogP contribution in [0.4, 0.5) is 5.82 Å². The lowest BCUT2D eigenvalue weighted by Gasteiger charge is -2.12. The molecule has 2 aromatic rings. The minimum atomic E-state index is 0.392. The first-order chi connectivity index (χ1) is 11.7. The number of pyridine rings is 1. The van der Waals surface area contributed by atoms with Crippen molar-refractivity contribution >= 4 is 34.3 Å². The van der Waals surface area contributed by atoms with Crippen LogP contribution in [-0.2, 0) is 0 Å². The second-order valence-electron chi connectivity index (χ2n) is 5.58. The Hall–Kier alpha value is -1.72. The van der Waals surface area contributed by atoms with Gasteiger partial charge in [-0.05, 0) is 18.6 Å². The summed E-state index contributed by atoms with van der Waals surface area (Å²) in [5, 5.41) is 4.71. The fraction of sp³-hybridized carbons (Fsp3) is 0.333. The molecular formula is C18H20ClN3OS. The molecule has 4 nitrogen and oxygen atoms in total. The molecule has 0 aliphatic carbocycles. The monoisotopic (exact) mass is 361 g/mol. The molecule has 1 aromatic heterocycles. The number of aromatic nitrogens is 1. The molecule has 1 N–H and O–H groups in total. The highest BCUT2D eigenvalue weighted by molar-refractivity contribution is 8.14. The summed E-state index contributed by atoms with van der Waals surface area (Å²) in [5.74, 6) is 2.98. The molecule has 126 valence electrons. The van der Waals surface area contributed by atoms with Crippen LogP contribution in [-0.4, -0.2) is 21.9 Å². The van der Waals surface area contributed by atoms with Crippen LogP contribution in [0.15, 0.2) is 47.6 Å². The highest BCUT2D eigenvalue weighted by Gasteiger charge is 2.19. The molecule has 1 aromatic carbocycles. The Bertz CT molecular complexity index is 709. The molecule has 0 saturated carbocycles. The minimum absolute atomic E-state index is 0.392. The minimum Gasteiger partial charge on any atom is -0.453 e. The molecule has 1 aliphatic rings. The molecule has 1 atom stereocenters. The zero-order chi connectivity index (χ0) is 16.8. The smallest absolute Gasteiger partial charge is 0.175 e. The maximum absolute atomic E-state index is 6.07. The van der Waals surface area contributed by atoms with E-state index in [0.717, 1.165) is 23.1 Å². The number of thioether (sulfide) groups is 1. The number of hydrogen-bond acceptors (Lipinski definition) is 5. The van der Waals surface area contributed by atoms with Crippen molar-refractivity contribution in [2.24, 2.45) is 4.99 Å². The molecule has 6 heteroatoms. The van der Waals surface area contributed by atoms with Crippen molar-refractivity contribution in [3.8, 4) is 11.5 Å². The molecule has 1 unspecified atom stereocenters. The summed E-state index contributed by atoms with van der Waals surface area (Å²) in [4.78, 5) is 9.09. The normalized spacial score (nSPS) is 16.8. The van der Waals surface area contributed by atoms with E-state index in [1.165, 1.54) is 12.8 Å². The molecule has 2 heterocycles. The number of benzene rings is 1. The topological polar surface area (TPSA) is 46.5 Å². The number of rotatable bonds is 6. The van der Waals surface area contributed by atoms with Gasteiger partial charge in [0.05, 0.1) is 11.1 Å². The van der Waals surface area contributed by atoms with E-state index >= 15 is 0 Å². The van der Waals surface area contributed by atoms with E-state index in [0.29, 0.717) is 22.6 Å². The zero-order valence-electron chi connectivity index (χ0n) is 13.5. The number of halogens is 1. The van der Waals surface area contributed by atoms with Crippen LogP contribution in [0.3, 0.4) is 0 Å².